The Kier molecular flexibility index (Phi) is 6.69. The molecule has 0 amide bonds. The Hall–Kier alpha value is -0.220. The maximum absolute atomic E-state index is 6.40. The summed E-state index contributed by atoms with van der Waals surface area (Å²) in [6, 6.07) is 6.76. The smallest absolute Gasteiger partial charge is 0.0669 e. The average Bonchev–Trinajstić information content (AvgIpc) is 2.96. The Bertz CT molecular complexity index is 421. The predicted octanol–water partition coefficient (Wildman–Crippen LogP) is 4.67. The average molecular weight is 314 g/mol. The normalized spacial score (nSPS) is 20.2. The standard InChI is InChI=1S/C16H24ClNOS/c1-3-8-18-12(2)13-6-7-16(15(17)10-13)20-11-14-5-4-9-19-14/h6-7,10,12,14,18H,3-5,8-9,11H2,1-2H3. The van der Waals surface area contributed by atoms with Gasteiger partial charge in [-0.3, -0.25) is 0 Å². The van der Waals surface area contributed by atoms with Crippen LogP contribution in [-0.2, 0) is 4.74 Å². The number of benzene rings is 1. The molecule has 1 heterocycles. The third-order valence-corrected chi connectivity index (χ3v) is 5.24. The number of hydrogen-bond acceptors (Lipinski definition) is 3. The van der Waals surface area contributed by atoms with Crippen LogP contribution in [0, 0.1) is 0 Å². The van der Waals surface area contributed by atoms with Crippen LogP contribution in [0.5, 0.6) is 0 Å². The second-order valence-electron chi connectivity index (χ2n) is 5.31. The van der Waals surface area contributed by atoms with E-state index in [0.717, 1.165) is 35.2 Å². The summed E-state index contributed by atoms with van der Waals surface area (Å²) < 4.78 is 5.65. The van der Waals surface area contributed by atoms with Gasteiger partial charge in [-0.25, -0.2) is 0 Å². The van der Waals surface area contributed by atoms with Gasteiger partial charge in [-0.05, 0) is 50.4 Å². The number of hydrogen-bond donors (Lipinski definition) is 1. The van der Waals surface area contributed by atoms with Gasteiger partial charge in [0.25, 0.3) is 0 Å². The van der Waals surface area contributed by atoms with Gasteiger partial charge in [0.1, 0.15) is 0 Å². The fraction of sp³-hybridized carbons (Fsp3) is 0.625. The van der Waals surface area contributed by atoms with Crippen molar-refractivity contribution in [2.45, 2.75) is 50.2 Å². The molecule has 1 N–H and O–H groups in total. The van der Waals surface area contributed by atoms with Gasteiger partial charge in [-0.2, -0.15) is 0 Å². The van der Waals surface area contributed by atoms with E-state index in [1.807, 2.05) is 0 Å². The highest BCUT2D eigenvalue weighted by Crippen LogP contribution is 2.31. The molecule has 1 aromatic carbocycles. The summed E-state index contributed by atoms with van der Waals surface area (Å²) in [7, 11) is 0. The Balaban J connectivity index is 1.91. The van der Waals surface area contributed by atoms with Gasteiger partial charge in [-0.15, -0.1) is 11.8 Å². The second-order valence-corrected chi connectivity index (χ2v) is 6.78. The van der Waals surface area contributed by atoms with Crippen LogP contribution in [0.15, 0.2) is 23.1 Å². The highest BCUT2D eigenvalue weighted by Gasteiger charge is 2.16. The van der Waals surface area contributed by atoms with Crippen molar-refractivity contribution < 1.29 is 4.74 Å². The maximum Gasteiger partial charge on any atom is 0.0669 e. The molecule has 20 heavy (non-hydrogen) atoms. The third kappa shape index (κ3) is 4.66. The number of nitrogens with one attached hydrogen (secondary N) is 1. The molecule has 0 radical (unpaired) electrons. The lowest BCUT2D eigenvalue weighted by molar-refractivity contribution is 0.129. The van der Waals surface area contributed by atoms with Crippen LogP contribution in [0.25, 0.3) is 0 Å². The largest absolute Gasteiger partial charge is 0.377 e. The van der Waals surface area contributed by atoms with Gasteiger partial charge in [-0.1, -0.05) is 24.6 Å². The fourth-order valence-electron chi connectivity index (χ4n) is 2.34. The van der Waals surface area contributed by atoms with E-state index in [1.54, 1.807) is 11.8 Å². The summed E-state index contributed by atoms with van der Waals surface area (Å²) in [6.07, 6.45) is 3.92. The summed E-state index contributed by atoms with van der Waals surface area (Å²) in [5.74, 6) is 1.00. The van der Waals surface area contributed by atoms with E-state index < -0.39 is 0 Å². The first-order chi connectivity index (χ1) is 9.70. The second kappa shape index (κ2) is 8.28. The summed E-state index contributed by atoms with van der Waals surface area (Å²) in [6.45, 7) is 6.31. The first-order valence-electron chi connectivity index (χ1n) is 7.48. The van der Waals surface area contributed by atoms with Crippen LogP contribution in [0.1, 0.15) is 44.7 Å². The van der Waals surface area contributed by atoms with Crippen LogP contribution < -0.4 is 5.32 Å². The molecule has 4 heteroatoms. The Morgan fingerprint density at radius 1 is 1.50 bits per heavy atom. The third-order valence-electron chi connectivity index (χ3n) is 3.61. The van der Waals surface area contributed by atoms with Crippen molar-refractivity contribution in [2.24, 2.45) is 0 Å². The van der Waals surface area contributed by atoms with E-state index in [4.69, 9.17) is 16.3 Å². The topological polar surface area (TPSA) is 21.3 Å². The first-order valence-corrected chi connectivity index (χ1v) is 8.84. The van der Waals surface area contributed by atoms with Crippen LogP contribution in [0.2, 0.25) is 5.02 Å². The van der Waals surface area contributed by atoms with Gasteiger partial charge in [0, 0.05) is 23.3 Å². The Morgan fingerprint density at radius 2 is 2.35 bits per heavy atom. The minimum atomic E-state index is 0.352. The SMILES string of the molecule is CCCNC(C)c1ccc(SCC2CCCO2)c(Cl)c1. The maximum atomic E-state index is 6.40. The molecule has 2 rings (SSSR count). The fourth-order valence-corrected chi connectivity index (χ4v) is 3.68. The first kappa shape index (κ1) is 16.2. The molecule has 2 unspecified atom stereocenters. The quantitative estimate of drug-likeness (QED) is 0.739. The van der Waals surface area contributed by atoms with E-state index in [9.17, 15) is 0 Å². The lowest BCUT2D eigenvalue weighted by Crippen LogP contribution is -2.19. The molecule has 1 aromatic rings. The van der Waals surface area contributed by atoms with Crippen molar-refractivity contribution in [1.29, 1.82) is 0 Å². The van der Waals surface area contributed by atoms with Crippen LogP contribution in [-0.4, -0.2) is 25.0 Å². The van der Waals surface area contributed by atoms with Gasteiger partial charge >= 0.3 is 0 Å². The summed E-state index contributed by atoms with van der Waals surface area (Å²) in [5.41, 5.74) is 1.25. The molecule has 0 saturated carbocycles. The van der Waals surface area contributed by atoms with Gasteiger partial charge in [0.15, 0.2) is 0 Å². The van der Waals surface area contributed by atoms with E-state index in [-0.39, 0.29) is 0 Å². The zero-order chi connectivity index (χ0) is 14.4. The molecule has 0 aromatic heterocycles. The van der Waals surface area contributed by atoms with Crippen molar-refractivity contribution in [1.82, 2.24) is 5.32 Å². The molecule has 0 bridgehead atoms. The molecule has 1 aliphatic rings. The number of halogens is 1. The minimum Gasteiger partial charge on any atom is -0.377 e. The van der Waals surface area contributed by atoms with Gasteiger partial charge in [0.05, 0.1) is 11.1 Å². The van der Waals surface area contributed by atoms with Crippen molar-refractivity contribution in [3.8, 4) is 0 Å². The lowest BCUT2D eigenvalue weighted by atomic mass is 10.1. The predicted molar refractivity (Wildman–Crippen MR) is 87.9 cm³/mol. The van der Waals surface area contributed by atoms with Crippen LogP contribution in [0.3, 0.4) is 0 Å². The number of ether oxygens (including phenoxy) is 1. The zero-order valence-electron chi connectivity index (χ0n) is 12.3. The molecule has 112 valence electrons. The molecule has 0 aliphatic carbocycles. The van der Waals surface area contributed by atoms with E-state index >= 15 is 0 Å². The van der Waals surface area contributed by atoms with Crippen molar-refractivity contribution in [3.05, 3.63) is 28.8 Å². The monoisotopic (exact) mass is 313 g/mol. The Labute approximate surface area is 131 Å². The number of thioether (sulfide) groups is 1. The van der Waals surface area contributed by atoms with Gasteiger partial charge in [0.2, 0.25) is 0 Å². The molecule has 2 nitrogen and oxygen atoms in total. The highest BCUT2D eigenvalue weighted by molar-refractivity contribution is 7.99. The molecule has 1 saturated heterocycles. The molecule has 0 spiro atoms. The minimum absolute atomic E-state index is 0.352. The molecular formula is C16H24ClNOS. The number of rotatable bonds is 7. The van der Waals surface area contributed by atoms with E-state index in [1.165, 1.54) is 18.4 Å². The van der Waals surface area contributed by atoms with Crippen molar-refractivity contribution in [3.63, 3.8) is 0 Å². The Morgan fingerprint density at radius 3 is 3.00 bits per heavy atom. The van der Waals surface area contributed by atoms with E-state index in [0.29, 0.717) is 12.1 Å². The molecule has 1 aliphatic heterocycles. The van der Waals surface area contributed by atoms with Crippen molar-refractivity contribution in [2.75, 3.05) is 18.9 Å². The van der Waals surface area contributed by atoms with E-state index in [2.05, 4.69) is 37.4 Å². The van der Waals surface area contributed by atoms with Gasteiger partial charge < -0.3 is 10.1 Å². The summed E-state index contributed by atoms with van der Waals surface area (Å²) in [4.78, 5) is 1.16. The van der Waals surface area contributed by atoms with Crippen LogP contribution >= 0.6 is 23.4 Å². The molecule has 2 atom stereocenters. The molecule has 1 fully saturated rings. The lowest BCUT2D eigenvalue weighted by Gasteiger charge is -2.15. The molecular weight excluding hydrogens is 290 g/mol. The van der Waals surface area contributed by atoms with Crippen LogP contribution in [0.4, 0.5) is 0 Å². The summed E-state index contributed by atoms with van der Waals surface area (Å²) >= 11 is 8.21. The highest BCUT2D eigenvalue weighted by atomic mass is 35.5. The zero-order valence-corrected chi connectivity index (χ0v) is 13.9. The summed E-state index contributed by atoms with van der Waals surface area (Å²) in [5, 5.41) is 4.34. The van der Waals surface area contributed by atoms with Crippen molar-refractivity contribution >= 4 is 23.4 Å².